The van der Waals surface area contributed by atoms with Crippen molar-refractivity contribution in [2.75, 3.05) is 0 Å². The first-order valence-corrected chi connectivity index (χ1v) is 7.18. The monoisotopic (exact) mass is 374 g/mol. The maximum absolute atomic E-state index is 9.49. The summed E-state index contributed by atoms with van der Waals surface area (Å²) in [5.41, 5.74) is 2.80. The van der Waals surface area contributed by atoms with Crippen molar-refractivity contribution in [1.82, 2.24) is 4.98 Å². The molecule has 0 radical (unpaired) electrons. The number of halogens is 1. The van der Waals surface area contributed by atoms with Gasteiger partial charge in [0.25, 0.3) is 0 Å². The van der Waals surface area contributed by atoms with Crippen LogP contribution in [0.25, 0.3) is 10.9 Å². The molecule has 98 valence electrons. The average molecular weight is 374 g/mol. The number of hydrogen-bond donors (Lipinski definition) is 1. The van der Waals surface area contributed by atoms with Crippen LogP contribution in [0.2, 0.25) is 0 Å². The lowest BCUT2D eigenvalue weighted by Gasteiger charge is -2.00. The third kappa shape index (κ3) is 2.80. The van der Waals surface area contributed by atoms with Crippen LogP contribution in [0.15, 0.2) is 59.7 Å². The van der Waals surface area contributed by atoms with Crippen LogP contribution in [0.4, 0.5) is 5.69 Å². The second-order valence-corrected chi connectivity index (χ2v) is 5.51. The number of hydrogen-bond acceptors (Lipinski definition) is 3. The van der Waals surface area contributed by atoms with Crippen LogP contribution in [0.3, 0.4) is 0 Å². The van der Waals surface area contributed by atoms with Crippen LogP contribution in [0.1, 0.15) is 5.56 Å². The Bertz CT molecular complexity index is 799. The van der Waals surface area contributed by atoms with Crippen LogP contribution in [0, 0.1) is 3.57 Å². The van der Waals surface area contributed by atoms with Crippen molar-refractivity contribution in [1.29, 1.82) is 0 Å². The van der Waals surface area contributed by atoms with E-state index in [2.05, 4.69) is 32.6 Å². The largest absolute Gasteiger partial charge is 0.507 e. The van der Waals surface area contributed by atoms with Gasteiger partial charge in [-0.1, -0.05) is 6.07 Å². The topological polar surface area (TPSA) is 45.5 Å². The quantitative estimate of drug-likeness (QED) is 0.537. The fourth-order valence-corrected chi connectivity index (χ4v) is 2.44. The molecule has 0 atom stereocenters. The lowest BCUT2D eigenvalue weighted by Crippen LogP contribution is -1.83. The Hall–Kier alpha value is -1.95. The fourth-order valence-electron chi connectivity index (χ4n) is 1.90. The Morgan fingerprint density at radius 2 is 2.00 bits per heavy atom. The minimum absolute atomic E-state index is 0.291. The van der Waals surface area contributed by atoms with Gasteiger partial charge in [-0.25, -0.2) is 0 Å². The van der Waals surface area contributed by atoms with Crippen LogP contribution in [-0.2, 0) is 0 Å². The summed E-state index contributed by atoms with van der Waals surface area (Å²) in [6, 6.07) is 15.2. The van der Waals surface area contributed by atoms with Crippen molar-refractivity contribution < 1.29 is 5.11 Å². The molecule has 1 N–H and O–H groups in total. The number of pyridine rings is 1. The van der Waals surface area contributed by atoms with Crippen LogP contribution in [0.5, 0.6) is 5.75 Å². The van der Waals surface area contributed by atoms with E-state index >= 15 is 0 Å². The summed E-state index contributed by atoms with van der Waals surface area (Å²) in [7, 11) is 0. The number of nitrogens with zero attached hydrogens (tertiary/aromatic N) is 2. The number of fused-ring (bicyclic) bond motifs is 1. The lowest BCUT2D eigenvalue weighted by atomic mass is 10.2. The molecule has 4 heteroatoms. The van der Waals surface area contributed by atoms with Gasteiger partial charge in [-0.15, -0.1) is 0 Å². The van der Waals surface area contributed by atoms with Gasteiger partial charge < -0.3 is 5.11 Å². The first-order chi connectivity index (χ1) is 9.72. The molecule has 0 aliphatic rings. The van der Waals surface area contributed by atoms with Crippen molar-refractivity contribution in [3.63, 3.8) is 0 Å². The number of phenolic OH excluding ortho intramolecular Hbond substituents is 1. The van der Waals surface area contributed by atoms with Gasteiger partial charge in [0.05, 0.1) is 14.8 Å². The van der Waals surface area contributed by atoms with Gasteiger partial charge in [-0.05, 0) is 70.6 Å². The van der Waals surface area contributed by atoms with Crippen molar-refractivity contribution in [2.45, 2.75) is 0 Å². The summed E-state index contributed by atoms with van der Waals surface area (Å²) in [5, 5.41) is 10.6. The van der Waals surface area contributed by atoms with Gasteiger partial charge in [0.15, 0.2) is 0 Å². The number of benzene rings is 2. The van der Waals surface area contributed by atoms with Gasteiger partial charge in [-0.3, -0.25) is 9.98 Å². The maximum Gasteiger partial charge on any atom is 0.128 e. The van der Waals surface area contributed by atoms with E-state index in [9.17, 15) is 5.11 Å². The summed E-state index contributed by atoms with van der Waals surface area (Å²) in [6.07, 6.45) is 3.57. The van der Waals surface area contributed by atoms with Crippen LogP contribution >= 0.6 is 22.6 Å². The molecule has 3 nitrogen and oxygen atoms in total. The standard InChI is InChI=1S/C16H11IN2O/c17-14-8-11(3-6-16(14)20)10-19-13-4-5-15-12(9-13)2-1-7-18-15/h1-10,20H. The van der Waals surface area contributed by atoms with Gasteiger partial charge >= 0.3 is 0 Å². The Morgan fingerprint density at radius 3 is 2.85 bits per heavy atom. The second-order valence-electron chi connectivity index (χ2n) is 4.35. The Kier molecular flexibility index (Phi) is 3.64. The van der Waals surface area contributed by atoms with Crippen LogP contribution < -0.4 is 0 Å². The second kappa shape index (κ2) is 5.58. The number of aromatic nitrogens is 1. The molecular formula is C16H11IN2O. The minimum Gasteiger partial charge on any atom is -0.507 e. The molecule has 20 heavy (non-hydrogen) atoms. The molecule has 0 unspecified atom stereocenters. The van der Waals surface area contributed by atoms with Crippen molar-refractivity contribution >= 4 is 45.4 Å². The summed E-state index contributed by atoms with van der Waals surface area (Å²) >= 11 is 2.10. The third-order valence-electron chi connectivity index (χ3n) is 2.92. The predicted molar refractivity (Wildman–Crippen MR) is 89.8 cm³/mol. The summed E-state index contributed by atoms with van der Waals surface area (Å²) in [4.78, 5) is 8.74. The summed E-state index contributed by atoms with van der Waals surface area (Å²) in [5.74, 6) is 0.291. The summed E-state index contributed by atoms with van der Waals surface area (Å²) < 4.78 is 0.814. The summed E-state index contributed by atoms with van der Waals surface area (Å²) in [6.45, 7) is 0. The highest BCUT2D eigenvalue weighted by Crippen LogP contribution is 2.21. The van der Waals surface area contributed by atoms with Crippen molar-refractivity contribution in [3.8, 4) is 5.75 Å². The third-order valence-corrected chi connectivity index (χ3v) is 3.79. The van der Waals surface area contributed by atoms with E-state index < -0.39 is 0 Å². The number of phenols is 1. The van der Waals surface area contributed by atoms with Crippen molar-refractivity contribution in [3.05, 3.63) is 63.9 Å². The molecule has 0 aliphatic carbocycles. The molecule has 3 rings (SSSR count). The van der Waals surface area contributed by atoms with Gasteiger partial charge in [0, 0.05) is 17.8 Å². The highest BCUT2D eigenvalue weighted by atomic mass is 127. The first-order valence-electron chi connectivity index (χ1n) is 6.10. The number of aromatic hydroxyl groups is 1. The SMILES string of the molecule is Oc1ccc(C=Nc2ccc3ncccc3c2)cc1I. The van der Waals surface area contributed by atoms with E-state index in [0.717, 1.165) is 25.7 Å². The zero-order chi connectivity index (χ0) is 13.9. The zero-order valence-electron chi connectivity index (χ0n) is 10.5. The Labute approximate surface area is 130 Å². The number of aliphatic imine (C=N–C) groups is 1. The number of rotatable bonds is 2. The highest BCUT2D eigenvalue weighted by Gasteiger charge is 1.98. The van der Waals surface area contributed by atoms with E-state index in [1.807, 2.05) is 42.5 Å². The molecule has 1 heterocycles. The lowest BCUT2D eigenvalue weighted by molar-refractivity contribution is 0.471. The first kappa shape index (κ1) is 13.1. The zero-order valence-corrected chi connectivity index (χ0v) is 12.7. The average Bonchev–Trinajstić information content (AvgIpc) is 2.48. The molecule has 0 fully saturated rings. The van der Waals surface area contributed by atoms with E-state index in [1.165, 1.54) is 0 Å². The molecule has 0 bridgehead atoms. The van der Waals surface area contributed by atoms with E-state index in [-0.39, 0.29) is 0 Å². The van der Waals surface area contributed by atoms with Gasteiger partial charge in [0.2, 0.25) is 0 Å². The predicted octanol–water partition coefficient (Wildman–Crippen LogP) is 4.30. The van der Waals surface area contributed by atoms with Gasteiger partial charge in [-0.2, -0.15) is 0 Å². The maximum atomic E-state index is 9.49. The van der Waals surface area contributed by atoms with E-state index in [1.54, 1.807) is 18.5 Å². The van der Waals surface area contributed by atoms with E-state index in [0.29, 0.717) is 5.75 Å². The molecule has 0 aliphatic heterocycles. The molecule has 1 aromatic heterocycles. The van der Waals surface area contributed by atoms with Crippen LogP contribution in [-0.4, -0.2) is 16.3 Å². The Balaban J connectivity index is 1.91. The van der Waals surface area contributed by atoms with Crippen molar-refractivity contribution in [2.24, 2.45) is 4.99 Å². The molecule has 0 saturated carbocycles. The normalized spacial score (nSPS) is 11.2. The van der Waals surface area contributed by atoms with E-state index in [4.69, 9.17) is 0 Å². The molecule has 0 amide bonds. The smallest absolute Gasteiger partial charge is 0.128 e. The molecule has 3 aromatic rings. The van der Waals surface area contributed by atoms with Gasteiger partial charge in [0.1, 0.15) is 5.75 Å². The Morgan fingerprint density at radius 1 is 1.10 bits per heavy atom. The minimum atomic E-state index is 0.291. The highest BCUT2D eigenvalue weighted by molar-refractivity contribution is 14.1. The molecule has 2 aromatic carbocycles. The molecule has 0 spiro atoms. The fraction of sp³-hybridized carbons (Fsp3) is 0. The molecular weight excluding hydrogens is 363 g/mol. The molecule has 0 saturated heterocycles.